The molecule has 0 amide bonds. The third-order valence-electron chi connectivity index (χ3n) is 2.61. The molecule has 0 aliphatic carbocycles. The molecule has 1 aromatic carbocycles. The predicted molar refractivity (Wildman–Crippen MR) is 78.5 cm³/mol. The molecule has 0 heterocycles. The van der Waals surface area contributed by atoms with Gasteiger partial charge in [-0.15, -0.1) is 0 Å². The molecule has 0 unspecified atom stereocenters. The first-order valence-electron chi connectivity index (χ1n) is 6.92. The molecule has 1 rings (SSSR count). The van der Waals surface area contributed by atoms with Gasteiger partial charge in [0.05, 0.1) is 6.61 Å². The van der Waals surface area contributed by atoms with Crippen LogP contribution in [0.2, 0.25) is 0 Å². The van der Waals surface area contributed by atoms with Crippen molar-refractivity contribution in [2.45, 2.75) is 39.7 Å². The number of nitrogens with one attached hydrogen (secondary N) is 2. The van der Waals surface area contributed by atoms with Crippen LogP contribution in [0.1, 0.15) is 33.6 Å². The largest absolute Gasteiger partial charge is 0.494 e. The van der Waals surface area contributed by atoms with Gasteiger partial charge in [0, 0.05) is 30.9 Å². The normalized spacial score (nSPS) is 10.7. The standard InChI is InChI=1S/C15H26N2O/c1-4-5-11-18-15-8-6-7-14(12-15)17-10-9-16-13(2)3/h6-8,12-13,16-17H,4-5,9-11H2,1-3H3. The zero-order valence-corrected chi connectivity index (χ0v) is 11.8. The molecule has 0 aromatic heterocycles. The van der Waals surface area contributed by atoms with Crippen molar-refractivity contribution in [1.29, 1.82) is 0 Å². The van der Waals surface area contributed by atoms with Crippen molar-refractivity contribution in [2.75, 3.05) is 25.0 Å². The van der Waals surface area contributed by atoms with Crippen molar-refractivity contribution in [2.24, 2.45) is 0 Å². The van der Waals surface area contributed by atoms with Crippen LogP contribution in [0.25, 0.3) is 0 Å². The van der Waals surface area contributed by atoms with E-state index < -0.39 is 0 Å². The maximum atomic E-state index is 5.68. The van der Waals surface area contributed by atoms with Gasteiger partial charge in [0.25, 0.3) is 0 Å². The van der Waals surface area contributed by atoms with Crippen molar-refractivity contribution in [3.63, 3.8) is 0 Å². The average Bonchev–Trinajstić information content (AvgIpc) is 2.35. The number of anilines is 1. The van der Waals surface area contributed by atoms with Gasteiger partial charge in [-0.05, 0) is 18.6 Å². The first kappa shape index (κ1) is 14.8. The van der Waals surface area contributed by atoms with Crippen molar-refractivity contribution >= 4 is 5.69 Å². The molecule has 1 aromatic rings. The Hall–Kier alpha value is -1.22. The first-order chi connectivity index (χ1) is 8.72. The molecule has 0 saturated carbocycles. The first-order valence-corrected chi connectivity index (χ1v) is 6.92. The van der Waals surface area contributed by atoms with Gasteiger partial charge >= 0.3 is 0 Å². The number of benzene rings is 1. The topological polar surface area (TPSA) is 33.3 Å². The zero-order valence-electron chi connectivity index (χ0n) is 11.8. The van der Waals surface area contributed by atoms with E-state index in [2.05, 4.69) is 43.5 Å². The molecule has 102 valence electrons. The van der Waals surface area contributed by atoms with Crippen LogP contribution < -0.4 is 15.4 Å². The van der Waals surface area contributed by atoms with E-state index >= 15 is 0 Å². The lowest BCUT2D eigenvalue weighted by molar-refractivity contribution is 0.309. The molecular weight excluding hydrogens is 224 g/mol. The lowest BCUT2D eigenvalue weighted by Crippen LogP contribution is -2.28. The molecule has 0 saturated heterocycles. The summed E-state index contributed by atoms with van der Waals surface area (Å²) in [6.45, 7) is 9.18. The molecule has 0 aliphatic heterocycles. The second-order valence-corrected chi connectivity index (χ2v) is 4.77. The minimum Gasteiger partial charge on any atom is -0.494 e. The lowest BCUT2D eigenvalue weighted by Gasteiger charge is -2.11. The van der Waals surface area contributed by atoms with E-state index in [0.717, 1.165) is 37.6 Å². The average molecular weight is 250 g/mol. The van der Waals surface area contributed by atoms with E-state index in [-0.39, 0.29) is 0 Å². The number of rotatable bonds is 9. The second-order valence-electron chi connectivity index (χ2n) is 4.77. The summed E-state index contributed by atoms with van der Waals surface area (Å²) in [5.74, 6) is 0.949. The number of hydrogen-bond donors (Lipinski definition) is 2. The highest BCUT2D eigenvalue weighted by atomic mass is 16.5. The number of unbranched alkanes of at least 4 members (excludes halogenated alkanes) is 1. The zero-order chi connectivity index (χ0) is 13.2. The molecule has 0 radical (unpaired) electrons. The Morgan fingerprint density at radius 2 is 2.06 bits per heavy atom. The monoisotopic (exact) mass is 250 g/mol. The summed E-state index contributed by atoms with van der Waals surface area (Å²) in [5.41, 5.74) is 1.12. The third kappa shape index (κ3) is 6.50. The van der Waals surface area contributed by atoms with Crippen LogP contribution in [-0.2, 0) is 0 Å². The second kappa shape index (κ2) is 8.81. The molecule has 3 nitrogen and oxygen atoms in total. The van der Waals surface area contributed by atoms with Crippen LogP contribution in [0, 0.1) is 0 Å². The minimum absolute atomic E-state index is 0.538. The fourth-order valence-electron chi connectivity index (χ4n) is 1.60. The van der Waals surface area contributed by atoms with Gasteiger partial charge in [0.2, 0.25) is 0 Å². The molecule has 0 bridgehead atoms. The Labute approximate surface area is 111 Å². The summed E-state index contributed by atoms with van der Waals surface area (Å²) in [6, 6.07) is 8.70. The summed E-state index contributed by atoms with van der Waals surface area (Å²) in [4.78, 5) is 0. The van der Waals surface area contributed by atoms with Gasteiger partial charge in [-0.2, -0.15) is 0 Å². The van der Waals surface area contributed by atoms with Crippen LogP contribution in [0.5, 0.6) is 5.75 Å². The Kier molecular flexibility index (Phi) is 7.26. The molecule has 0 aliphatic rings. The Balaban J connectivity index is 2.30. The van der Waals surface area contributed by atoms with Gasteiger partial charge < -0.3 is 15.4 Å². The van der Waals surface area contributed by atoms with Gasteiger partial charge in [-0.1, -0.05) is 33.3 Å². The smallest absolute Gasteiger partial charge is 0.121 e. The van der Waals surface area contributed by atoms with Crippen LogP contribution in [-0.4, -0.2) is 25.7 Å². The van der Waals surface area contributed by atoms with Crippen LogP contribution in [0.4, 0.5) is 5.69 Å². The molecule has 2 N–H and O–H groups in total. The van der Waals surface area contributed by atoms with Crippen molar-refractivity contribution < 1.29 is 4.74 Å². The predicted octanol–water partition coefficient (Wildman–Crippen LogP) is 3.28. The van der Waals surface area contributed by atoms with Crippen LogP contribution in [0.3, 0.4) is 0 Å². The Bertz CT molecular complexity index is 326. The fourth-order valence-corrected chi connectivity index (χ4v) is 1.60. The fraction of sp³-hybridized carbons (Fsp3) is 0.600. The summed E-state index contributed by atoms with van der Waals surface area (Å²) < 4.78 is 5.68. The molecule has 0 atom stereocenters. The quantitative estimate of drug-likeness (QED) is 0.660. The molecular formula is C15H26N2O. The van der Waals surface area contributed by atoms with E-state index in [1.165, 1.54) is 6.42 Å². The Morgan fingerprint density at radius 3 is 2.78 bits per heavy atom. The van der Waals surface area contributed by atoms with Gasteiger partial charge in [-0.3, -0.25) is 0 Å². The van der Waals surface area contributed by atoms with Gasteiger partial charge in [0.1, 0.15) is 5.75 Å². The molecule has 3 heteroatoms. The van der Waals surface area contributed by atoms with E-state index in [1.54, 1.807) is 0 Å². The van der Waals surface area contributed by atoms with E-state index in [0.29, 0.717) is 6.04 Å². The summed E-state index contributed by atoms with van der Waals surface area (Å²) in [7, 11) is 0. The molecule has 18 heavy (non-hydrogen) atoms. The van der Waals surface area contributed by atoms with Crippen molar-refractivity contribution in [1.82, 2.24) is 5.32 Å². The summed E-state index contributed by atoms with van der Waals surface area (Å²) in [6.07, 6.45) is 2.27. The highest BCUT2D eigenvalue weighted by Gasteiger charge is 1.97. The van der Waals surface area contributed by atoms with E-state index in [4.69, 9.17) is 4.74 Å². The van der Waals surface area contributed by atoms with E-state index in [9.17, 15) is 0 Å². The van der Waals surface area contributed by atoms with Crippen molar-refractivity contribution in [3.05, 3.63) is 24.3 Å². The number of hydrogen-bond acceptors (Lipinski definition) is 3. The lowest BCUT2D eigenvalue weighted by atomic mass is 10.3. The van der Waals surface area contributed by atoms with E-state index in [1.807, 2.05) is 12.1 Å². The van der Waals surface area contributed by atoms with Crippen molar-refractivity contribution in [3.8, 4) is 5.75 Å². The summed E-state index contributed by atoms with van der Waals surface area (Å²) in [5, 5.41) is 6.77. The van der Waals surface area contributed by atoms with Gasteiger partial charge in [-0.25, -0.2) is 0 Å². The maximum absolute atomic E-state index is 5.68. The third-order valence-corrected chi connectivity index (χ3v) is 2.61. The minimum atomic E-state index is 0.538. The highest BCUT2D eigenvalue weighted by molar-refractivity contribution is 5.48. The SMILES string of the molecule is CCCCOc1cccc(NCCNC(C)C)c1. The summed E-state index contributed by atoms with van der Waals surface area (Å²) >= 11 is 0. The maximum Gasteiger partial charge on any atom is 0.121 e. The number of ether oxygens (including phenoxy) is 1. The Morgan fingerprint density at radius 1 is 1.22 bits per heavy atom. The van der Waals surface area contributed by atoms with Crippen LogP contribution >= 0.6 is 0 Å². The van der Waals surface area contributed by atoms with Crippen LogP contribution in [0.15, 0.2) is 24.3 Å². The highest BCUT2D eigenvalue weighted by Crippen LogP contribution is 2.17. The molecule has 0 spiro atoms. The molecule has 0 fully saturated rings. The van der Waals surface area contributed by atoms with Gasteiger partial charge in [0.15, 0.2) is 0 Å².